The first kappa shape index (κ1) is 10.9. The van der Waals surface area contributed by atoms with Gasteiger partial charge in [-0.2, -0.15) is 0 Å². The fourth-order valence-corrected chi connectivity index (χ4v) is 2.61. The summed E-state index contributed by atoms with van der Waals surface area (Å²) in [6.07, 6.45) is 5.49. The highest BCUT2D eigenvalue weighted by molar-refractivity contribution is 7.15. The normalized spacial score (nSPS) is 18.6. The molecule has 1 saturated carbocycles. The molecule has 1 fully saturated rings. The van der Waals surface area contributed by atoms with E-state index in [-0.39, 0.29) is 0 Å². The molecular formula is C11H18N2OS. The summed E-state index contributed by atoms with van der Waals surface area (Å²) in [6.45, 7) is 2.88. The monoisotopic (exact) mass is 226 g/mol. The van der Waals surface area contributed by atoms with Crippen molar-refractivity contribution >= 4 is 16.5 Å². The maximum absolute atomic E-state index is 9.41. The van der Waals surface area contributed by atoms with Crippen molar-refractivity contribution in [2.45, 2.75) is 32.3 Å². The zero-order chi connectivity index (χ0) is 10.8. The number of aliphatic hydroxyl groups is 1. The summed E-state index contributed by atoms with van der Waals surface area (Å²) in [5.41, 5.74) is 0. The molecule has 1 aromatic heterocycles. The van der Waals surface area contributed by atoms with Crippen LogP contribution in [0.4, 0.5) is 5.13 Å². The van der Waals surface area contributed by atoms with E-state index in [4.69, 9.17) is 0 Å². The SMILES string of the molecule is CC(O)c1cnc(N(C)CC2CCC2)s1. The van der Waals surface area contributed by atoms with Gasteiger partial charge in [-0.15, -0.1) is 0 Å². The van der Waals surface area contributed by atoms with E-state index in [0.717, 1.165) is 22.5 Å². The second-order valence-electron chi connectivity index (χ2n) is 4.40. The van der Waals surface area contributed by atoms with Gasteiger partial charge in [0.05, 0.1) is 11.0 Å². The van der Waals surface area contributed by atoms with Crippen LogP contribution in [0.1, 0.15) is 37.2 Å². The maximum atomic E-state index is 9.41. The minimum Gasteiger partial charge on any atom is -0.388 e. The van der Waals surface area contributed by atoms with Crippen molar-refractivity contribution in [3.05, 3.63) is 11.1 Å². The highest BCUT2D eigenvalue weighted by Gasteiger charge is 2.20. The Hall–Kier alpha value is -0.610. The first-order chi connectivity index (χ1) is 7.16. The Morgan fingerprint density at radius 2 is 2.40 bits per heavy atom. The van der Waals surface area contributed by atoms with Crippen LogP contribution in [0.2, 0.25) is 0 Å². The zero-order valence-electron chi connectivity index (χ0n) is 9.31. The number of anilines is 1. The number of hydrogen-bond acceptors (Lipinski definition) is 4. The van der Waals surface area contributed by atoms with Crippen LogP contribution in [0.15, 0.2) is 6.20 Å². The van der Waals surface area contributed by atoms with Gasteiger partial charge >= 0.3 is 0 Å². The topological polar surface area (TPSA) is 36.4 Å². The highest BCUT2D eigenvalue weighted by Crippen LogP contribution is 2.31. The molecule has 0 spiro atoms. The average Bonchev–Trinajstić information content (AvgIpc) is 2.59. The Morgan fingerprint density at radius 3 is 2.87 bits per heavy atom. The molecule has 0 amide bonds. The van der Waals surface area contributed by atoms with Crippen molar-refractivity contribution in [2.24, 2.45) is 5.92 Å². The molecule has 0 aliphatic heterocycles. The van der Waals surface area contributed by atoms with Gasteiger partial charge < -0.3 is 10.0 Å². The molecule has 1 atom stereocenters. The lowest BCUT2D eigenvalue weighted by atomic mass is 9.85. The molecule has 1 N–H and O–H groups in total. The van der Waals surface area contributed by atoms with Crippen molar-refractivity contribution in [1.82, 2.24) is 4.98 Å². The Labute approximate surface area is 94.8 Å². The van der Waals surface area contributed by atoms with Crippen molar-refractivity contribution in [3.8, 4) is 0 Å². The van der Waals surface area contributed by atoms with Crippen molar-refractivity contribution < 1.29 is 5.11 Å². The molecular weight excluding hydrogens is 208 g/mol. The first-order valence-corrected chi connectivity index (χ1v) is 6.33. The van der Waals surface area contributed by atoms with Crippen molar-refractivity contribution in [3.63, 3.8) is 0 Å². The number of thiazole rings is 1. The maximum Gasteiger partial charge on any atom is 0.185 e. The molecule has 0 saturated heterocycles. The van der Waals surface area contributed by atoms with E-state index >= 15 is 0 Å². The summed E-state index contributed by atoms with van der Waals surface area (Å²) in [5.74, 6) is 0.855. The van der Waals surface area contributed by atoms with Gasteiger partial charge in [-0.1, -0.05) is 17.8 Å². The van der Waals surface area contributed by atoms with E-state index in [1.54, 1.807) is 24.5 Å². The van der Waals surface area contributed by atoms with Gasteiger partial charge in [-0.05, 0) is 25.7 Å². The predicted octanol–water partition coefficient (Wildman–Crippen LogP) is 2.43. The van der Waals surface area contributed by atoms with E-state index in [1.165, 1.54) is 19.3 Å². The molecule has 2 rings (SSSR count). The molecule has 1 unspecified atom stereocenters. The molecule has 1 aliphatic rings. The van der Waals surface area contributed by atoms with Crippen LogP contribution in [0, 0.1) is 5.92 Å². The van der Waals surface area contributed by atoms with Gasteiger partial charge in [0, 0.05) is 19.8 Å². The smallest absolute Gasteiger partial charge is 0.185 e. The molecule has 1 aliphatic carbocycles. The quantitative estimate of drug-likeness (QED) is 0.856. The molecule has 84 valence electrons. The van der Waals surface area contributed by atoms with Gasteiger partial charge in [-0.25, -0.2) is 4.98 Å². The van der Waals surface area contributed by atoms with Crippen LogP contribution in [0.3, 0.4) is 0 Å². The zero-order valence-corrected chi connectivity index (χ0v) is 10.1. The largest absolute Gasteiger partial charge is 0.388 e. The van der Waals surface area contributed by atoms with Gasteiger partial charge in [0.25, 0.3) is 0 Å². The lowest BCUT2D eigenvalue weighted by molar-refractivity contribution is 0.203. The summed E-state index contributed by atoms with van der Waals surface area (Å²) in [7, 11) is 2.09. The Morgan fingerprint density at radius 1 is 1.67 bits per heavy atom. The predicted molar refractivity (Wildman–Crippen MR) is 63.4 cm³/mol. The summed E-state index contributed by atoms with van der Waals surface area (Å²) in [6, 6.07) is 0. The Bertz CT molecular complexity index is 320. The summed E-state index contributed by atoms with van der Waals surface area (Å²) in [5, 5.41) is 10.4. The second-order valence-corrected chi connectivity index (χ2v) is 5.44. The molecule has 0 aromatic carbocycles. The van der Waals surface area contributed by atoms with Crippen LogP contribution >= 0.6 is 11.3 Å². The Balaban J connectivity index is 1.95. The third kappa shape index (κ3) is 2.49. The molecule has 0 bridgehead atoms. The minimum absolute atomic E-state index is 0.395. The lowest BCUT2D eigenvalue weighted by Gasteiger charge is -2.29. The van der Waals surface area contributed by atoms with Gasteiger partial charge in [0.15, 0.2) is 5.13 Å². The molecule has 1 heterocycles. The van der Waals surface area contributed by atoms with E-state index in [1.807, 2.05) is 0 Å². The van der Waals surface area contributed by atoms with Crippen LogP contribution in [0.25, 0.3) is 0 Å². The lowest BCUT2D eigenvalue weighted by Crippen LogP contribution is -2.29. The molecule has 0 radical (unpaired) electrons. The number of nitrogens with zero attached hydrogens (tertiary/aromatic N) is 2. The summed E-state index contributed by atoms with van der Waals surface area (Å²) in [4.78, 5) is 7.49. The van der Waals surface area contributed by atoms with E-state index in [2.05, 4.69) is 16.9 Å². The van der Waals surface area contributed by atoms with Gasteiger partial charge in [-0.3, -0.25) is 0 Å². The average molecular weight is 226 g/mol. The fraction of sp³-hybridized carbons (Fsp3) is 0.727. The van der Waals surface area contributed by atoms with E-state index < -0.39 is 6.10 Å². The van der Waals surface area contributed by atoms with Gasteiger partial charge in [0.2, 0.25) is 0 Å². The second kappa shape index (κ2) is 4.49. The van der Waals surface area contributed by atoms with Crippen LogP contribution in [0.5, 0.6) is 0 Å². The standard InChI is InChI=1S/C11H18N2OS/c1-8(14)10-6-12-11(15-10)13(2)7-9-4-3-5-9/h6,8-9,14H,3-5,7H2,1-2H3. The molecule has 4 heteroatoms. The molecule has 1 aromatic rings. The van der Waals surface area contributed by atoms with Crippen molar-refractivity contribution in [2.75, 3.05) is 18.5 Å². The Kier molecular flexibility index (Phi) is 3.26. The fourth-order valence-electron chi connectivity index (χ4n) is 1.79. The van der Waals surface area contributed by atoms with Crippen LogP contribution < -0.4 is 4.90 Å². The summed E-state index contributed by atoms with van der Waals surface area (Å²) >= 11 is 1.59. The van der Waals surface area contributed by atoms with Gasteiger partial charge in [0.1, 0.15) is 0 Å². The third-order valence-electron chi connectivity index (χ3n) is 3.01. The summed E-state index contributed by atoms with van der Waals surface area (Å²) < 4.78 is 0. The number of aliphatic hydroxyl groups excluding tert-OH is 1. The van der Waals surface area contributed by atoms with E-state index in [9.17, 15) is 5.11 Å². The number of hydrogen-bond donors (Lipinski definition) is 1. The highest BCUT2D eigenvalue weighted by atomic mass is 32.1. The van der Waals surface area contributed by atoms with E-state index in [0.29, 0.717) is 0 Å². The minimum atomic E-state index is -0.395. The molecule has 3 nitrogen and oxygen atoms in total. The molecule has 15 heavy (non-hydrogen) atoms. The number of rotatable bonds is 4. The van der Waals surface area contributed by atoms with Crippen molar-refractivity contribution in [1.29, 1.82) is 0 Å². The van der Waals surface area contributed by atoms with Crippen LogP contribution in [-0.4, -0.2) is 23.7 Å². The first-order valence-electron chi connectivity index (χ1n) is 5.51. The van der Waals surface area contributed by atoms with Crippen LogP contribution in [-0.2, 0) is 0 Å². The number of aromatic nitrogens is 1. The third-order valence-corrected chi connectivity index (χ3v) is 4.29.